The number of carbonyl (C=O) groups excluding carboxylic acids is 1. The van der Waals surface area contributed by atoms with Gasteiger partial charge in [-0.15, -0.1) is 0 Å². The number of anilines is 1. The van der Waals surface area contributed by atoms with Crippen LogP contribution in [0.1, 0.15) is 25.3 Å². The molecule has 21 heavy (non-hydrogen) atoms. The van der Waals surface area contributed by atoms with Gasteiger partial charge in [0.1, 0.15) is 5.78 Å². The number of ketones is 1. The van der Waals surface area contributed by atoms with Crippen LogP contribution in [0.5, 0.6) is 0 Å². The number of hydrogen-bond donors (Lipinski definition) is 2. The minimum atomic E-state index is -3.40. The molecule has 0 aliphatic carbocycles. The third kappa shape index (κ3) is 4.03. The fraction of sp³-hybridized carbons (Fsp3) is 0.500. The van der Waals surface area contributed by atoms with Crippen LogP contribution >= 0.6 is 0 Å². The van der Waals surface area contributed by atoms with E-state index in [-0.39, 0.29) is 17.5 Å². The highest BCUT2D eigenvalue weighted by molar-refractivity contribution is 7.88. The molecule has 1 aromatic carbocycles. The van der Waals surface area contributed by atoms with Crippen molar-refractivity contribution in [3.05, 3.63) is 29.8 Å². The van der Waals surface area contributed by atoms with Crippen LogP contribution in [-0.2, 0) is 20.6 Å². The molecule has 0 atom stereocenters. The molecule has 1 saturated heterocycles. The van der Waals surface area contributed by atoms with Gasteiger partial charge in [-0.25, -0.2) is 12.7 Å². The standard InChI is InChI=1S/C14H20N2O4S/c1-11(17)13-5-7-16(8-6-13)21(19,20)10-12-3-2-4-14(9-12)15-18/h2-4,9,13,15,18H,5-8,10H2,1H3. The maximum absolute atomic E-state index is 12.4. The van der Waals surface area contributed by atoms with E-state index in [1.54, 1.807) is 31.2 Å². The van der Waals surface area contributed by atoms with Crippen molar-refractivity contribution in [2.45, 2.75) is 25.5 Å². The predicted molar refractivity (Wildman–Crippen MR) is 79.5 cm³/mol. The lowest BCUT2D eigenvalue weighted by Gasteiger charge is -2.30. The summed E-state index contributed by atoms with van der Waals surface area (Å²) < 4.78 is 26.2. The summed E-state index contributed by atoms with van der Waals surface area (Å²) in [6.07, 6.45) is 1.18. The highest BCUT2D eigenvalue weighted by Crippen LogP contribution is 2.22. The Bertz CT molecular complexity index is 607. The molecule has 2 N–H and O–H groups in total. The van der Waals surface area contributed by atoms with Crippen molar-refractivity contribution in [1.82, 2.24) is 4.31 Å². The quantitative estimate of drug-likeness (QED) is 0.807. The Balaban J connectivity index is 2.03. The van der Waals surface area contributed by atoms with Crippen LogP contribution in [0, 0.1) is 5.92 Å². The molecule has 0 bridgehead atoms. The van der Waals surface area contributed by atoms with Crippen LogP contribution in [0.4, 0.5) is 5.69 Å². The van der Waals surface area contributed by atoms with E-state index in [0.29, 0.717) is 37.2 Å². The van der Waals surface area contributed by atoms with Gasteiger partial charge in [-0.2, -0.15) is 0 Å². The number of benzene rings is 1. The Hall–Kier alpha value is -1.44. The average molecular weight is 312 g/mol. The van der Waals surface area contributed by atoms with Crippen molar-refractivity contribution in [3.63, 3.8) is 0 Å². The van der Waals surface area contributed by atoms with E-state index in [1.807, 2.05) is 5.48 Å². The van der Waals surface area contributed by atoms with Gasteiger partial charge < -0.3 is 0 Å². The summed E-state index contributed by atoms with van der Waals surface area (Å²) in [5.41, 5.74) is 3.08. The molecular weight excluding hydrogens is 292 g/mol. The van der Waals surface area contributed by atoms with Crippen molar-refractivity contribution in [3.8, 4) is 0 Å². The molecule has 6 nitrogen and oxygen atoms in total. The first-order valence-corrected chi connectivity index (χ1v) is 8.50. The van der Waals surface area contributed by atoms with Gasteiger partial charge >= 0.3 is 0 Å². The smallest absolute Gasteiger partial charge is 0.218 e. The number of rotatable bonds is 5. The summed E-state index contributed by atoms with van der Waals surface area (Å²) in [5.74, 6) is 0.0138. The number of sulfonamides is 1. The molecule has 1 fully saturated rings. The second-order valence-corrected chi connectivity index (χ2v) is 7.32. The van der Waals surface area contributed by atoms with Gasteiger partial charge in [0.15, 0.2) is 0 Å². The lowest BCUT2D eigenvalue weighted by molar-refractivity contribution is -0.121. The molecule has 116 valence electrons. The average Bonchev–Trinajstić information content (AvgIpc) is 2.47. The second kappa shape index (κ2) is 6.55. The Morgan fingerprint density at radius 2 is 2.05 bits per heavy atom. The van der Waals surface area contributed by atoms with E-state index in [0.717, 1.165) is 0 Å². The SMILES string of the molecule is CC(=O)C1CCN(S(=O)(=O)Cc2cccc(NO)c2)CC1. The Morgan fingerprint density at radius 1 is 1.38 bits per heavy atom. The summed E-state index contributed by atoms with van der Waals surface area (Å²) in [7, 11) is -3.40. The van der Waals surface area contributed by atoms with E-state index in [9.17, 15) is 13.2 Å². The van der Waals surface area contributed by atoms with Crippen LogP contribution in [0.2, 0.25) is 0 Å². The summed E-state index contributed by atoms with van der Waals surface area (Å²) in [4.78, 5) is 11.3. The summed E-state index contributed by atoms with van der Waals surface area (Å²) in [5, 5.41) is 8.85. The van der Waals surface area contributed by atoms with E-state index in [1.165, 1.54) is 4.31 Å². The first kappa shape index (κ1) is 15.9. The van der Waals surface area contributed by atoms with Gasteiger partial charge in [0.05, 0.1) is 11.4 Å². The zero-order valence-corrected chi connectivity index (χ0v) is 12.8. The summed E-state index contributed by atoms with van der Waals surface area (Å²) >= 11 is 0. The zero-order chi connectivity index (χ0) is 15.5. The van der Waals surface area contributed by atoms with Gasteiger partial charge in [-0.3, -0.25) is 15.5 Å². The number of piperidine rings is 1. The normalized spacial score (nSPS) is 17.6. The zero-order valence-electron chi connectivity index (χ0n) is 11.9. The molecule has 1 heterocycles. The molecule has 0 saturated carbocycles. The highest BCUT2D eigenvalue weighted by Gasteiger charge is 2.29. The first-order valence-electron chi connectivity index (χ1n) is 6.89. The van der Waals surface area contributed by atoms with Crippen LogP contribution in [0.25, 0.3) is 0 Å². The largest absolute Gasteiger partial charge is 0.300 e. The third-order valence-corrected chi connectivity index (χ3v) is 5.68. The number of Topliss-reactive ketones (excluding diaryl/α,β-unsaturated/α-hetero) is 1. The van der Waals surface area contributed by atoms with Crippen LogP contribution in [0.15, 0.2) is 24.3 Å². The van der Waals surface area contributed by atoms with Gasteiger partial charge in [-0.1, -0.05) is 12.1 Å². The number of hydrogen-bond acceptors (Lipinski definition) is 5. The van der Waals surface area contributed by atoms with Crippen molar-refractivity contribution in [1.29, 1.82) is 0 Å². The fourth-order valence-electron chi connectivity index (χ4n) is 2.57. The molecule has 7 heteroatoms. The van der Waals surface area contributed by atoms with Gasteiger partial charge in [-0.05, 0) is 37.5 Å². The van der Waals surface area contributed by atoms with E-state index >= 15 is 0 Å². The van der Waals surface area contributed by atoms with Gasteiger partial charge in [0.2, 0.25) is 10.0 Å². The fourth-order valence-corrected chi connectivity index (χ4v) is 4.12. The lowest BCUT2D eigenvalue weighted by Crippen LogP contribution is -2.40. The topological polar surface area (TPSA) is 86.7 Å². The van der Waals surface area contributed by atoms with Gasteiger partial charge in [0.25, 0.3) is 0 Å². The van der Waals surface area contributed by atoms with E-state index < -0.39 is 10.0 Å². The molecule has 1 aliphatic rings. The van der Waals surface area contributed by atoms with Crippen LogP contribution in [0.3, 0.4) is 0 Å². The molecule has 0 unspecified atom stereocenters. The maximum atomic E-state index is 12.4. The van der Waals surface area contributed by atoms with Crippen molar-refractivity contribution in [2.24, 2.45) is 5.92 Å². The Kier molecular flexibility index (Phi) is 4.97. The Labute approximate surface area is 124 Å². The van der Waals surface area contributed by atoms with E-state index in [2.05, 4.69) is 0 Å². The van der Waals surface area contributed by atoms with Gasteiger partial charge in [0, 0.05) is 19.0 Å². The Morgan fingerprint density at radius 3 is 2.62 bits per heavy atom. The minimum Gasteiger partial charge on any atom is -0.300 e. The van der Waals surface area contributed by atoms with Crippen molar-refractivity contribution < 1.29 is 18.4 Å². The molecule has 2 rings (SSSR count). The molecule has 0 radical (unpaired) electrons. The molecule has 0 amide bonds. The summed E-state index contributed by atoms with van der Waals surface area (Å²) in [6, 6.07) is 6.64. The molecular formula is C14H20N2O4S. The molecule has 0 aromatic heterocycles. The third-order valence-electron chi connectivity index (χ3n) is 3.83. The number of nitrogens with one attached hydrogen (secondary N) is 1. The van der Waals surface area contributed by atoms with E-state index in [4.69, 9.17) is 5.21 Å². The van der Waals surface area contributed by atoms with Crippen molar-refractivity contribution >= 4 is 21.5 Å². The number of nitrogens with zero attached hydrogens (tertiary/aromatic N) is 1. The second-order valence-electron chi connectivity index (χ2n) is 5.35. The first-order chi connectivity index (χ1) is 9.92. The minimum absolute atomic E-state index is 0.0154. The lowest BCUT2D eigenvalue weighted by atomic mass is 9.95. The monoisotopic (exact) mass is 312 g/mol. The number of carbonyl (C=O) groups is 1. The van der Waals surface area contributed by atoms with Crippen molar-refractivity contribution in [2.75, 3.05) is 18.6 Å². The predicted octanol–water partition coefficient (Wildman–Crippen LogP) is 1.62. The maximum Gasteiger partial charge on any atom is 0.218 e. The van der Waals surface area contributed by atoms with Crippen LogP contribution in [-0.4, -0.2) is 36.8 Å². The summed E-state index contributed by atoms with van der Waals surface area (Å²) in [6.45, 7) is 2.34. The molecule has 1 aliphatic heterocycles. The highest BCUT2D eigenvalue weighted by atomic mass is 32.2. The molecule has 0 spiro atoms. The molecule has 1 aromatic rings. The van der Waals surface area contributed by atoms with Crippen LogP contribution < -0.4 is 5.48 Å².